The summed E-state index contributed by atoms with van der Waals surface area (Å²) < 4.78 is 11.2. The summed E-state index contributed by atoms with van der Waals surface area (Å²) in [6.07, 6.45) is 4.07. The SMILES string of the molecule is CCCOc1ccc(CN2CCC(C(=O)OCC)CC2)cc1-c1nc2cc3nc[nH]c3cc2c(=O)[nH]1. The van der Waals surface area contributed by atoms with Gasteiger partial charge in [-0.25, -0.2) is 9.97 Å². The van der Waals surface area contributed by atoms with Crippen LogP contribution in [0.1, 0.15) is 38.7 Å². The molecular formula is C27H31N5O4. The van der Waals surface area contributed by atoms with Crippen LogP contribution >= 0.6 is 0 Å². The highest BCUT2D eigenvalue weighted by atomic mass is 16.5. The number of H-pyrrole nitrogens is 2. The Labute approximate surface area is 208 Å². The number of carbonyl (C=O) groups excluding carboxylic acids is 1. The second-order valence-corrected chi connectivity index (χ2v) is 9.19. The quantitative estimate of drug-likeness (QED) is 0.359. The first-order chi connectivity index (χ1) is 17.6. The van der Waals surface area contributed by atoms with Crippen molar-refractivity contribution >= 4 is 27.9 Å². The van der Waals surface area contributed by atoms with Crippen molar-refractivity contribution in [3.05, 3.63) is 52.6 Å². The summed E-state index contributed by atoms with van der Waals surface area (Å²) in [4.78, 5) is 42.5. The van der Waals surface area contributed by atoms with E-state index in [9.17, 15) is 9.59 Å². The van der Waals surface area contributed by atoms with Gasteiger partial charge in [0.25, 0.3) is 5.56 Å². The lowest BCUT2D eigenvalue weighted by molar-refractivity contribution is -0.149. The van der Waals surface area contributed by atoms with Gasteiger partial charge in [-0.05, 0) is 69.1 Å². The average Bonchev–Trinajstić information content (AvgIpc) is 3.35. The summed E-state index contributed by atoms with van der Waals surface area (Å²) in [6, 6.07) is 9.65. The molecule has 1 aliphatic rings. The molecule has 1 aliphatic heterocycles. The predicted octanol–water partition coefficient (Wildman–Crippen LogP) is 4.03. The lowest BCUT2D eigenvalue weighted by Crippen LogP contribution is -2.36. The number of likely N-dealkylation sites (tertiary alicyclic amines) is 1. The van der Waals surface area contributed by atoms with Crippen molar-refractivity contribution in [1.29, 1.82) is 0 Å². The van der Waals surface area contributed by atoms with E-state index in [-0.39, 0.29) is 17.4 Å². The molecule has 0 bridgehead atoms. The number of piperidine rings is 1. The van der Waals surface area contributed by atoms with Gasteiger partial charge in [-0.1, -0.05) is 13.0 Å². The number of nitrogens with one attached hydrogen (secondary N) is 2. The van der Waals surface area contributed by atoms with Gasteiger partial charge in [-0.3, -0.25) is 14.5 Å². The summed E-state index contributed by atoms with van der Waals surface area (Å²) in [6.45, 7) is 7.29. The van der Waals surface area contributed by atoms with Crippen molar-refractivity contribution in [3.63, 3.8) is 0 Å². The number of carbonyl (C=O) groups is 1. The van der Waals surface area contributed by atoms with Gasteiger partial charge in [0.05, 0.1) is 53.0 Å². The molecule has 1 saturated heterocycles. The fourth-order valence-corrected chi connectivity index (χ4v) is 4.74. The first kappa shape index (κ1) is 24.0. The van der Waals surface area contributed by atoms with Gasteiger partial charge in [0.1, 0.15) is 11.6 Å². The number of hydrogen-bond acceptors (Lipinski definition) is 7. The second-order valence-electron chi connectivity index (χ2n) is 9.19. The molecule has 0 atom stereocenters. The second kappa shape index (κ2) is 10.5. The Morgan fingerprint density at radius 1 is 1.14 bits per heavy atom. The smallest absolute Gasteiger partial charge is 0.309 e. The molecule has 2 aromatic carbocycles. The zero-order chi connectivity index (χ0) is 25.1. The highest BCUT2D eigenvalue weighted by Crippen LogP contribution is 2.31. The first-order valence-electron chi connectivity index (χ1n) is 12.6. The molecule has 0 aliphatic carbocycles. The normalized spacial score (nSPS) is 14.9. The molecule has 0 unspecified atom stereocenters. The average molecular weight is 490 g/mol. The van der Waals surface area contributed by atoms with E-state index in [1.54, 1.807) is 12.4 Å². The monoisotopic (exact) mass is 489 g/mol. The lowest BCUT2D eigenvalue weighted by Gasteiger charge is -2.31. The Morgan fingerprint density at radius 2 is 1.97 bits per heavy atom. The highest BCUT2D eigenvalue weighted by Gasteiger charge is 2.26. The Bertz CT molecular complexity index is 1440. The maximum Gasteiger partial charge on any atom is 0.309 e. The summed E-state index contributed by atoms with van der Waals surface area (Å²) in [5, 5.41) is 0.507. The van der Waals surface area contributed by atoms with E-state index >= 15 is 0 Å². The Balaban J connectivity index is 1.43. The Morgan fingerprint density at radius 3 is 2.75 bits per heavy atom. The molecule has 0 saturated carbocycles. The number of hydrogen-bond donors (Lipinski definition) is 2. The van der Waals surface area contributed by atoms with Crippen molar-refractivity contribution in [2.45, 2.75) is 39.7 Å². The molecule has 5 rings (SSSR count). The molecule has 4 aromatic rings. The number of benzene rings is 2. The number of esters is 1. The molecule has 3 heterocycles. The molecule has 9 nitrogen and oxygen atoms in total. The topological polar surface area (TPSA) is 113 Å². The number of nitrogens with zero attached hydrogens (tertiary/aromatic N) is 3. The van der Waals surface area contributed by atoms with Gasteiger partial charge in [-0.15, -0.1) is 0 Å². The summed E-state index contributed by atoms with van der Waals surface area (Å²) >= 11 is 0. The number of aromatic nitrogens is 4. The minimum atomic E-state index is -0.209. The summed E-state index contributed by atoms with van der Waals surface area (Å²) in [5.74, 6) is 1.05. The zero-order valence-electron chi connectivity index (χ0n) is 20.7. The van der Waals surface area contributed by atoms with E-state index in [1.807, 2.05) is 25.1 Å². The third-order valence-electron chi connectivity index (χ3n) is 6.62. The molecule has 2 aromatic heterocycles. The van der Waals surface area contributed by atoms with Crippen molar-refractivity contribution < 1.29 is 14.3 Å². The Hall–Kier alpha value is -3.72. The predicted molar refractivity (Wildman–Crippen MR) is 138 cm³/mol. The minimum absolute atomic E-state index is 0.0190. The zero-order valence-corrected chi connectivity index (χ0v) is 20.7. The molecule has 0 amide bonds. The molecule has 1 fully saturated rings. The largest absolute Gasteiger partial charge is 0.493 e. The maximum absolute atomic E-state index is 13.0. The van der Waals surface area contributed by atoms with Gasteiger partial charge in [0, 0.05) is 6.54 Å². The maximum atomic E-state index is 13.0. The number of aromatic amines is 2. The minimum Gasteiger partial charge on any atom is -0.493 e. The third kappa shape index (κ3) is 4.97. The van der Waals surface area contributed by atoms with E-state index < -0.39 is 0 Å². The van der Waals surface area contributed by atoms with E-state index in [2.05, 4.69) is 32.8 Å². The van der Waals surface area contributed by atoms with Crippen LogP contribution in [0.15, 0.2) is 41.5 Å². The van der Waals surface area contributed by atoms with Crippen LogP contribution in [0.3, 0.4) is 0 Å². The number of rotatable bonds is 8. The van der Waals surface area contributed by atoms with Crippen molar-refractivity contribution in [3.8, 4) is 17.1 Å². The number of imidazole rings is 1. The molecule has 0 radical (unpaired) electrons. The third-order valence-corrected chi connectivity index (χ3v) is 6.62. The van der Waals surface area contributed by atoms with Crippen LogP contribution in [0.5, 0.6) is 5.75 Å². The lowest BCUT2D eigenvalue weighted by atomic mass is 9.96. The van der Waals surface area contributed by atoms with Gasteiger partial charge < -0.3 is 19.4 Å². The van der Waals surface area contributed by atoms with Crippen LogP contribution in [0, 0.1) is 5.92 Å². The highest BCUT2D eigenvalue weighted by molar-refractivity contribution is 5.93. The number of ether oxygens (including phenoxy) is 2. The van der Waals surface area contributed by atoms with Crippen LogP contribution in [0.2, 0.25) is 0 Å². The van der Waals surface area contributed by atoms with Crippen molar-refractivity contribution in [2.75, 3.05) is 26.3 Å². The Kier molecular flexibility index (Phi) is 6.99. The fraction of sp³-hybridized carbons (Fsp3) is 0.407. The summed E-state index contributed by atoms with van der Waals surface area (Å²) in [7, 11) is 0. The summed E-state index contributed by atoms with van der Waals surface area (Å²) in [5.41, 5.74) is 3.77. The fourth-order valence-electron chi connectivity index (χ4n) is 4.74. The van der Waals surface area contributed by atoms with Gasteiger partial charge in [0.2, 0.25) is 0 Å². The molecule has 0 spiro atoms. The van der Waals surface area contributed by atoms with Crippen LogP contribution in [0.4, 0.5) is 0 Å². The first-order valence-corrected chi connectivity index (χ1v) is 12.6. The van der Waals surface area contributed by atoms with Crippen LogP contribution in [-0.4, -0.2) is 57.1 Å². The molecule has 9 heteroatoms. The van der Waals surface area contributed by atoms with E-state index in [1.165, 1.54) is 0 Å². The van der Waals surface area contributed by atoms with Crippen molar-refractivity contribution in [1.82, 2.24) is 24.8 Å². The van der Waals surface area contributed by atoms with Gasteiger partial charge >= 0.3 is 5.97 Å². The van der Waals surface area contributed by atoms with Crippen molar-refractivity contribution in [2.24, 2.45) is 5.92 Å². The van der Waals surface area contributed by atoms with Gasteiger partial charge in [-0.2, -0.15) is 0 Å². The molecule has 2 N–H and O–H groups in total. The van der Waals surface area contributed by atoms with E-state index in [4.69, 9.17) is 14.5 Å². The van der Waals surface area contributed by atoms with E-state index in [0.29, 0.717) is 35.7 Å². The molecular weight excluding hydrogens is 458 g/mol. The molecule has 36 heavy (non-hydrogen) atoms. The van der Waals surface area contributed by atoms with Gasteiger partial charge in [0.15, 0.2) is 0 Å². The van der Waals surface area contributed by atoms with Crippen LogP contribution in [-0.2, 0) is 16.1 Å². The standard InChI is InChI=1S/C27H31N5O4/c1-3-11-36-24-6-5-17(15-32-9-7-18(8-10-32)27(34)35-4-2)12-20(24)25-30-21-14-23-22(28-16-29-23)13-19(21)26(33)31-25/h5-6,12-14,16,18H,3-4,7-11,15H2,1-2H3,(H,28,29)(H,30,31,33). The van der Waals surface area contributed by atoms with Crippen LogP contribution in [0.25, 0.3) is 33.3 Å². The van der Waals surface area contributed by atoms with E-state index in [0.717, 1.165) is 61.1 Å². The number of fused-ring (bicyclic) bond motifs is 2. The molecule has 188 valence electrons. The van der Waals surface area contributed by atoms with Crippen LogP contribution < -0.4 is 10.3 Å².